The minimum atomic E-state index is 0.622. The molecule has 1 unspecified atom stereocenters. The van der Waals surface area contributed by atoms with Crippen molar-refractivity contribution in [2.75, 3.05) is 0 Å². The van der Waals surface area contributed by atoms with Crippen LogP contribution in [0.5, 0.6) is 0 Å². The van der Waals surface area contributed by atoms with Gasteiger partial charge in [-0.1, -0.05) is 29.7 Å². The van der Waals surface area contributed by atoms with E-state index < -0.39 is 0 Å². The van der Waals surface area contributed by atoms with Gasteiger partial charge in [0.15, 0.2) is 7.00 Å². The molecule has 0 amide bonds. The van der Waals surface area contributed by atoms with E-state index in [0.717, 1.165) is 0 Å². The Kier molecular flexibility index (Phi) is 2.92. The SMILES string of the molecule is NCc1ccc([B]P)cc1. The van der Waals surface area contributed by atoms with Gasteiger partial charge in [0.05, 0.1) is 0 Å². The molecule has 1 radical (unpaired) electrons. The van der Waals surface area contributed by atoms with Crippen LogP contribution in [0.2, 0.25) is 0 Å². The largest absolute Gasteiger partial charge is 0.326 e. The lowest BCUT2D eigenvalue weighted by molar-refractivity contribution is 1.07. The van der Waals surface area contributed by atoms with Gasteiger partial charge >= 0.3 is 0 Å². The average molecular weight is 150 g/mol. The van der Waals surface area contributed by atoms with Gasteiger partial charge in [-0.15, -0.1) is 0 Å². The van der Waals surface area contributed by atoms with Crippen molar-refractivity contribution in [3.63, 3.8) is 0 Å². The number of hydrogen-bond acceptors (Lipinski definition) is 1. The van der Waals surface area contributed by atoms with Crippen LogP contribution >= 0.6 is 9.12 Å². The van der Waals surface area contributed by atoms with Crippen LogP contribution in [-0.4, -0.2) is 7.00 Å². The Labute approximate surface area is 64.4 Å². The predicted octanol–water partition coefficient (Wildman–Crippen LogP) is 0.265. The molecule has 0 heterocycles. The Morgan fingerprint density at radius 3 is 2.30 bits per heavy atom. The van der Waals surface area contributed by atoms with Crippen molar-refractivity contribution < 1.29 is 0 Å². The van der Waals surface area contributed by atoms with E-state index in [0.29, 0.717) is 6.54 Å². The van der Waals surface area contributed by atoms with Crippen molar-refractivity contribution in [2.45, 2.75) is 6.54 Å². The fourth-order valence-electron chi connectivity index (χ4n) is 0.765. The minimum Gasteiger partial charge on any atom is -0.326 e. The molecule has 0 bridgehead atoms. The molecule has 3 heteroatoms. The molecule has 0 saturated carbocycles. The smallest absolute Gasteiger partial charge is 0.178 e. The summed E-state index contributed by atoms with van der Waals surface area (Å²) in [5.74, 6) is 0. The molecule has 0 spiro atoms. The third-order valence-corrected chi connectivity index (χ3v) is 1.79. The molecule has 1 atom stereocenters. The maximum absolute atomic E-state index is 5.43. The lowest BCUT2D eigenvalue weighted by Crippen LogP contribution is -2.08. The Morgan fingerprint density at radius 1 is 1.30 bits per heavy atom. The minimum absolute atomic E-state index is 0.622. The average Bonchev–Trinajstić information content (AvgIpc) is 2.05. The van der Waals surface area contributed by atoms with E-state index in [1.807, 2.05) is 19.1 Å². The summed E-state index contributed by atoms with van der Waals surface area (Å²) in [7, 11) is 2.57. The van der Waals surface area contributed by atoms with Crippen LogP contribution in [0.4, 0.5) is 0 Å². The lowest BCUT2D eigenvalue weighted by atomic mass is 9.93. The van der Waals surface area contributed by atoms with Crippen molar-refractivity contribution in [1.29, 1.82) is 0 Å². The van der Waals surface area contributed by atoms with Gasteiger partial charge in [0.1, 0.15) is 0 Å². The van der Waals surface area contributed by atoms with Crippen LogP contribution in [0.25, 0.3) is 0 Å². The second kappa shape index (κ2) is 3.75. The molecule has 2 N–H and O–H groups in total. The maximum Gasteiger partial charge on any atom is 0.178 e. The highest BCUT2D eigenvalue weighted by Gasteiger charge is 1.89. The van der Waals surface area contributed by atoms with Crippen LogP contribution < -0.4 is 11.2 Å². The van der Waals surface area contributed by atoms with E-state index >= 15 is 0 Å². The third kappa shape index (κ3) is 1.83. The lowest BCUT2D eigenvalue weighted by Gasteiger charge is -1.96. The van der Waals surface area contributed by atoms with E-state index in [2.05, 4.69) is 21.3 Å². The molecule has 1 nitrogen and oxygen atoms in total. The van der Waals surface area contributed by atoms with E-state index in [1.54, 1.807) is 0 Å². The first-order chi connectivity index (χ1) is 4.86. The van der Waals surface area contributed by atoms with Crippen molar-refractivity contribution >= 4 is 21.6 Å². The normalized spacial score (nSPS) is 9.40. The van der Waals surface area contributed by atoms with Gasteiger partial charge in [0, 0.05) is 6.54 Å². The molecule has 0 aliphatic heterocycles. The number of rotatable bonds is 2. The first-order valence-electron chi connectivity index (χ1n) is 3.21. The standard InChI is InChI=1S/C7H10BNP/c9-5-6-1-3-7(8-10)4-2-6/h1-4H,5,9-10H2. The molecular weight excluding hydrogens is 140 g/mol. The second-order valence-electron chi connectivity index (χ2n) is 2.11. The molecule has 51 valence electrons. The van der Waals surface area contributed by atoms with Gasteiger partial charge in [0.2, 0.25) is 0 Å². The number of hydrogen-bond donors (Lipinski definition) is 1. The summed E-state index contributed by atoms with van der Waals surface area (Å²) < 4.78 is 0. The van der Waals surface area contributed by atoms with E-state index in [9.17, 15) is 0 Å². The zero-order chi connectivity index (χ0) is 7.40. The van der Waals surface area contributed by atoms with E-state index in [-0.39, 0.29) is 0 Å². The predicted molar refractivity (Wildman–Crippen MR) is 49.4 cm³/mol. The molecular formula is C7H10BNP. The first kappa shape index (κ1) is 7.78. The molecule has 0 fully saturated rings. The summed E-state index contributed by atoms with van der Waals surface area (Å²) in [4.78, 5) is 0. The Balaban J connectivity index is 2.80. The first-order valence-corrected chi connectivity index (χ1v) is 3.87. The fourth-order valence-corrected chi connectivity index (χ4v) is 0.987. The van der Waals surface area contributed by atoms with Gasteiger partial charge < -0.3 is 5.73 Å². The number of nitrogens with two attached hydrogens (primary N) is 1. The number of benzene rings is 1. The van der Waals surface area contributed by atoms with Crippen molar-refractivity contribution in [2.24, 2.45) is 5.73 Å². The van der Waals surface area contributed by atoms with Gasteiger partial charge in [-0.05, 0) is 5.56 Å². The summed E-state index contributed by atoms with van der Waals surface area (Å²) in [6.07, 6.45) is 0. The molecule has 1 aromatic carbocycles. The van der Waals surface area contributed by atoms with Gasteiger partial charge in [-0.3, -0.25) is 0 Å². The summed E-state index contributed by atoms with van der Waals surface area (Å²) in [5.41, 5.74) is 7.81. The van der Waals surface area contributed by atoms with Crippen LogP contribution in [0, 0.1) is 0 Å². The highest BCUT2D eigenvalue weighted by atomic mass is 31.0. The maximum atomic E-state index is 5.43. The second-order valence-corrected chi connectivity index (χ2v) is 2.45. The molecule has 10 heavy (non-hydrogen) atoms. The van der Waals surface area contributed by atoms with Crippen LogP contribution in [0.1, 0.15) is 5.56 Å². The summed E-state index contributed by atoms with van der Waals surface area (Å²) in [5, 5.41) is 0. The third-order valence-electron chi connectivity index (χ3n) is 1.41. The van der Waals surface area contributed by atoms with Crippen molar-refractivity contribution in [3.8, 4) is 0 Å². The van der Waals surface area contributed by atoms with Gasteiger partial charge in [-0.2, -0.15) is 9.12 Å². The highest BCUT2D eigenvalue weighted by Crippen LogP contribution is 1.94. The van der Waals surface area contributed by atoms with Crippen molar-refractivity contribution in [1.82, 2.24) is 0 Å². The summed E-state index contributed by atoms with van der Waals surface area (Å²) >= 11 is 0. The van der Waals surface area contributed by atoms with Crippen LogP contribution in [0.15, 0.2) is 24.3 Å². The Bertz CT molecular complexity index is 174. The summed E-state index contributed by atoms with van der Waals surface area (Å²) in [6.45, 7) is 2.61. The van der Waals surface area contributed by atoms with E-state index in [4.69, 9.17) is 5.73 Å². The molecule has 0 saturated heterocycles. The summed E-state index contributed by atoms with van der Waals surface area (Å²) in [6, 6.07) is 8.18. The Hall–Kier alpha value is -0.325. The van der Waals surface area contributed by atoms with Crippen LogP contribution in [0.3, 0.4) is 0 Å². The molecule has 0 aromatic heterocycles. The monoisotopic (exact) mass is 150 g/mol. The fraction of sp³-hybridized carbons (Fsp3) is 0.143. The zero-order valence-electron chi connectivity index (χ0n) is 5.75. The molecule has 1 aromatic rings. The Morgan fingerprint density at radius 2 is 1.90 bits per heavy atom. The van der Waals surface area contributed by atoms with Crippen LogP contribution in [-0.2, 0) is 6.54 Å². The zero-order valence-corrected chi connectivity index (χ0v) is 6.90. The molecule has 1 rings (SSSR count). The van der Waals surface area contributed by atoms with Gasteiger partial charge in [0.25, 0.3) is 0 Å². The molecule has 0 aliphatic rings. The van der Waals surface area contributed by atoms with E-state index in [1.165, 1.54) is 11.0 Å². The van der Waals surface area contributed by atoms with Crippen molar-refractivity contribution in [3.05, 3.63) is 29.8 Å². The molecule has 0 aliphatic carbocycles. The quantitative estimate of drug-likeness (QED) is 0.475. The topological polar surface area (TPSA) is 26.0 Å². The van der Waals surface area contributed by atoms with Gasteiger partial charge in [-0.25, -0.2) is 0 Å². The highest BCUT2D eigenvalue weighted by molar-refractivity contribution is 7.58.